The Morgan fingerprint density at radius 1 is 0.925 bits per heavy atom. The normalized spacial score (nSPS) is 14.8. The minimum Gasteiger partial charge on any atom is -0.352 e. The van der Waals surface area contributed by atoms with E-state index < -0.39 is 34.3 Å². The molecule has 0 aromatic heterocycles. The highest BCUT2D eigenvalue weighted by Gasteiger charge is 2.33. The Morgan fingerprint density at radius 2 is 1.55 bits per heavy atom. The largest absolute Gasteiger partial charge is 0.352 e. The van der Waals surface area contributed by atoms with Crippen molar-refractivity contribution in [3.63, 3.8) is 0 Å². The molecular formula is C31H36FN3O4S. The van der Waals surface area contributed by atoms with Crippen molar-refractivity contribution in [3.05, 3.63) is 95.8 Å². The van der Waals surface area contributed by atoms with Gasteiger partial charge in [0.05, 0.1) is 10.6 Å². The summed E-state index contributed by atoms with van der Waals surface area (Å²) in [5.41, 5.74) is 2.02. The smallest absolute Gasteiger partial charge is 0.264 e. The Hall–Kier alpha value is -3.72. The van der Waals surface area contributed by atoms with Gasteiger partial charge in [0.25, 0.3) is 10.0 Å². The van der Waals surface area contributed by atoms with E-state index in [-0.39, 0.29) is 29.1 Å². The molecule has 3 aromatic rings. The van der Waals surface area contributed by atoms with E-state index in [9.17, 15) is 22.4 Å². The second-order valence-electron chi connectivity index (χ2n) is 10.3. The first-order chi connectivity index (χ1) is 19.1. The van der Waals surface area contributed by atoms with Crippen LogP contribution in [0.2, 0.25) is 0 Å². The van der Waals surface area contributed by atoms with E-state index in [2.05, 4.69) is 5.32 Å². The number of hydrogen-bond acceptors (Lipinski definition) is 4. The predicted octanol–water partition coefficient (Wildman–Crippen LogP) is 5.20. The lowest BCUT2D eigenvalue weighted by molar-refractivity contribution is -0.139. The zero-order chi connectivity index (χ0) is 28.7. The number of sulfonamides is 1. The summed E-state index contributed by atoms with van der Waals surface area (Å²) in [5.74, 6) is -1.34. The Morgan fingerprint density at radius 3 is 2.17 bits per heavy atom. The van der Waals surface area contributed by atoms with Gasteiger partial charge in [-0.15, -0.1) is 0 Å². The van der Waals surface area contributed by atoms with Crippen LogP contribution in [0.15, 0.2) is 83.8 Å². The molecule has 1 atom stereocenters. The fourth-order valence-electron chi connectivity index (χ4n) is 4.90. The number of carbonyl (C=O) groups is 2. The van der Waals surface area contributed by atoms with E-state index >= 15 is 0 Å². The molecule has 0 bridgehead atoms. The molecule has 1 fully saturated rings. The molecule has 2 amide bonds. The Kier molecular flexibility index (Phi) is 9.58. The molecule has 9 heteroatoms. The quantitative estimate of drug-likeness (QED) is 0.366. The third kappa shape index (κ3) is 7.27. The monoisotopic (exact) mass is 565 g/mol. The number of hydrogen-bond donors (Lipinski definition) is 1. The van der Waals surface area contributed by atoms with Crippen LogP contribution in [-0.2, 0) is 26.2 Å². The fraction of sp³-hybridized carbons (Fsp3) is 0.355. The first kappa shape index (κ1) is 29.3. The van der Waals surface area contributed by atoms with Crippen molar-refractivity contribution in [3.8, 4) is 0 Å². The molecule has 1 aliphatic rings. The van der Waals surface area contributed by atoms with E-state index in [1.54, 1.807) is 25.1 Å². The highest BCUT2D eigenvalue weighted by Crippen LogP contribution is 2.25. The number of aryl methyl sites for hydroxylation is 1. The fourth-order valence-corrected chi connectivity index (χ4v) is 6.33. The molecular weight excluding hydrogens is 529 g/mol. The van der Waals surface area contributed by atoms with Gasteiger partial charge in [-0.1, -0.05) is 67.3 Å². The van der Waals surface area contributed by atoms with Gasteiger partial charge in [0.1, 0.15) is 18.4 Å². The van der Waals surface area contributed by atoms with Crippen molar-refractivity contribution in [2.45, 2.75) is 69.5 Å². The third-order valence-electron chi connectivity index (χ3n) is 7.32. The highest BCUT2D eigenvalue weighted by atomic mass is 32.2. The van der Waals surface area contributed by atoms with Crippen LogP contribution in [0, 0.1) is 12.7 Å². The maximum absolute atomic E-state index is 13.9. The topological polar surface area (TPSA) is 86.8 Å². The number of benzene rings is 3. The minimum atomic E-state index is -4.18. The zero-order valence-corrected chi connectivity index (χ0v) is 23.7. The summed E-state index contributed by atoms with van der Waals surface area (Å²) < 4.78 is 42.1. The molecule has 0 radical (unpaired) electrons. The van der Waals surface area contributed by atoms with Crippen LogP contribution >= 0.6 is 0 Å². The zero-order valence-electron chi connectivity index (χ0n) is 22.9. The average Bonchev–Trinajstić information content (AvgIpc) is 2.96. The summed E-state index contributed by atoms with van der Waals surface area (Å²) in [6, 6.07) is 19.6. The molecule has 3 aromatic carbocycles. The summed E-state index contributed by atoms with van der Waals surface area (Å²) in [7, 11) is -4.18. The van der Waals surface area contributed by atoms with E-state index in [0.29, 0.717) is 0 Å². The van der Waals surface area contributed by atoms with E-state index in [4.69, 9.17) is 0 Å². The third-order valence-corrected chi connectivity index (χ3v) is 9.11. The second-order valence-corrected chi connectivity index (χ2v) is 12.2. The predicted molar refractivity (Wildman–Crippen MR) is 154 cm³/mol. The molecule has 4 rings (SSSR count). The maximum Gasteiger partial charge on any atom is 0.264 e. The first-order valence-electron chi connectivity index (χ1n) is 13.6. The molecule has 1 N–H and O–H groups in total. The number of anilines is 1. The Balaban J connectivity index is 1.65. The van der Waals surface area contributed by atoms with Crippen LogP contribution in [0.25, 0.3) is 0 Å². The molecule has 1 aliphatic carbocycles. The Bertz CT molecular complexity index is 1390. The van der Waals surface area contributed by atoms with Gasteiger partial charge in [0, 0.05) is 12.6 Å². The highest BCUT2D eigenvalue weighted by molar-refractivity contribution is 7.92. The number of halogens is 1. The minimum absolute atomic E-state index is 0.000277. The SMILES string of the molecule is Cc1ccc(CN(C(=O)CN(c2ccc(F)cc2)S(=O)(=O)c2ccccc2)[C@H](C)C(=O)NC2CCCCC2)cc1. The molecule has 7 nitrogen and oxygen atoms in total. The van der Waals surface area contributed by atoms with Gasteiger partial charge in [0.15, 0.2) is 0 Å². The first-order valence-corrected chi connectivity index (χ1v) is 15.1. The molecule has 0 heterocycles. The van der Waals surface area contributed by atoms with Crippen LogP contribution in [0.1, 0.15) is 50.2 Å². The van der Waals surface area contributed by atoms with Crippen molar-refractivity contribution in [1.29, 1.82) is 0 Å². The summed E-state index contributed by atoms with van der Waals surface area (Å²) in [6.07, 6.45) is 5.05. The number of nitrogens with zero attached hydrogens (tertiary/aromatic N) is 2. The van der Waals surface area contributed by atoms with E-state index in [1.165, 1.54) is 29.2 Å². The summed E-state index contributed by atoms with van der Waals surface area (Å²) in [5, 5.41) is 3.09. The van der Waals surface area contributed by atoms with Gasteiger partial charge in [-0.25, -0.2) is 12.8 Å². The second kappa shape index (κ2) is 13.1. The average molecular weight is 566 g/mol. The van der Waals surface area contributed by atoms with Crippen LogP contribution in [0.3, 0.4) is 0 Å². The molecule has 0 saturated heterocycles. The van der Waals surface area contributed by atoms with Crippen molar-refractivity contribution in [2.75, 3.05) is 10.8 Å². The molecule has 1 saturated carbocycles. The van der Waals surface area contributed by atoms with Gasteiger partial charge < -0.3 is 10.2 Å². The summed E-state index contributed by atoms with van der Waals surface area (Å²) in [6.45, 7) is 3.19. The lowest BCUT2D eigenvalue weighted by atomic mass is 9.95. The van der Waals surface area contributed by atoms with E-state index in [1.807, 2.05) is 31.2 Å². The summed E-state index contributed by atoms with van der Waals surface area (Å²) in [4.78, 5) is 28.7. The standard InChI is InChI=1S/C31H36FN3O4S/c1-23-13-15-25(16-14-23)21-34(24(2)31(37)33-27-9-5-3-6-10-27)30(36)22-35(28-19-17-26(32)18-20-28)40(38,39)29-11-7-4-8-12-29/h4,7-8,11-20,24,27H,3,5-6,9-10,21-22H2,1-2H3,(H,33,37)/t24-/m1/s1. The van der Waals surface area contributed by atoms with Crippen LogP contribution in [0.5, 0.6) is 0 Å². The molecule has 212 valence electrons. The van der Waals surface area contributed by atoms with Gasteiger partial charge in [-0.2, -0.15) is 0 Å². The lowest BCUT2D eigenvalue weighted by Crippen LogP contribution is -2.53. The lowest BCUT2D eigenvalue weighted by Gasteiger charge is -2.33. The van der Waals surface area contributed by atoms with Crippen molar-refractivity contribution >= 4 is 27.5 Å². The van der Waals surface area contributed by atoms with Crippen molar-refractivity contribution < 1.29 is 22.4 Å². The summed E-state index contributed by atoms with van der Waals surface area (Å²) >= 11 is 0. The van der Waals surface area contributed by atoms with Crippen molar-refractivity contribution in [2.24, 2.45) is 0 Å². The van der Waals surface area contributed by atoms with Crippen LogP contribution in [0.4, 0.5) is 10.1 Å². The van der Waals surface area contributed by atoms with Crippen molar-refractivity contribution in [1.82, 2.24) is 10.2 Å². The maximum atomic E-state index is 13.9. The molecule has 40 heavy (non-hydrogen) atoms. The Labute approximate surface area is 236 Å². The molecule has 0 unspecified atom stereocenters. The molecule has 0 spiro atoms. The number of amides is 2. The number of rotatable bonds is 10. The number of nitrogens with one attached hydrogen (secondary N) is 1. The molecule has 0 aliphatic heterocycles. The van der Waals surface area contributed by atoms with Crippen LogP contribution in [-0.4, -0.2) is 43.8 Å². The van der Waals surface area contributed by atoms with Gasteiger partial charge in [-0.3, -0.25) is 13.9 Å². The van der Waals surface area contributed by atoms with Crippen LogP contribution < -0.4 is 9.62 Å². The van der Waals surface area contributed by atoms with Gasteiger partial charge in [-0.05, 0) is 68.7 Å². The number of carbonyl (C=O) groups excluding carboxylic acids is 2. The van der Waals surface area contributed by atoms with Gasteiger partial charge >= 0.3 is 0 Å². The van der Waals surface area contributed by atoms with Gasteiger partial charge in [0.2, 0.25) is 11.8 Å². The van der Waals surface area contributed by atoms with E-state index in [0.717, 1.165) is 59.7 Å².